The summed E-state index contributed by atoms with van der Waals surface area (Å²) in [6, 6.07) is 15.6. The molecule has 1 aromatic carbocycles. The molecule has 0 saturated heterocycles. The fourth-order valence-electron chi connectivity index (χ4n) is 2.04. The number of benzene rings is 1. The van der Waals surface area contributed by atoms with Crippen molar-refractivity contribution in [3.63, 3.8) is 0 Å². The molecule has 0 bridgehead atoms. The Balaban J connectivity index is 1.82. The molecular weight excluding hydrogens is 334 g/mol. The topological polar surface area (TPSA) is 102 Å². The van der Waals surface area contributed by atoms with Crippen LogP contribution in [0.3, 0.4) is 0 Å². The zero-order valence-corrected chi connectivity index (χ0v) is 13.3. The van der Waals surface area contributed by atoms with Gasteiger partial charge in [0.05, 0.1) is 11.6 Å². The van der Waals surface area contributed by atoms with E-state index in [1.54, 1.807) is 24.3 Å². The van der Waals surface area contributed by atoms with Gasteiger partial charge in [0, 0.05) is 18.5 Å². The van der Waals surface area contributed by atoms with Crippen LogP contribution in [0.15, 0.2) is 67.0 Å². The van der Waals surface area contributed by atoms with Crippen LogP contribution in [0, 0.1) is 11.3 Å². The third kappa shape index (κ3) is 4.07. The smallest absolute Gasteiger partial charge is 0.362 e. The Labute approximate surface area is 148 Å². The minimum Gasteiger partial charge on any atom is -0.422 e. The van der Waals surface area contributed by atoms with Gasteiger partial charge < -0.3 is 9.47 Å². The van der Waals surface area contributed by atoms with Crippen molar-refractivity contribution in [2.75, 3.05) is 0 Å². The SMILES string of the molecule is N#Cc1cc(OC(=O)c2ccccn2)cc(OC(=O)c2ccccn2)c1. The van der Waals surface area contributed by atoms with Gasteiger partial charge >= 0.3 is 11.9 Å². The van der Waals surface area contributed by atoms with Gasteiger partial charge in [-0.3, -0.25) is 0 Å². The molecule has 26 heavy (non-hydrogen) atoms. The molecule has 2 heterocycles. The lowest BCUT2D eigenvalue weighted by Gasteiger charge is -2.08. The average molecular weight is 345 g/mol. The molecule has 0 fully saturated rings. The molecule has 0 saturated carbocycles. The lowest BCUT2D eigenvalue weighted by molar-refractivity contribution is 0.0726. The summed E-state index contributed by atoms with van der Waals surface area (Å²) in [6.45, 7) is 0. The average Bonchev–Trinajstić information content (AvgIpc) is 2.69. The van der Waals surface area contributed by atoms with Gasteiger partial charge in [-0.15, -0.1) is 0 Å². The van der Waals surface area contributed by atoms with Gasteiger partial charge in [-0.2, -0.15) is 5.26 Å². The van der Waals surface area contributed by atoms with E-state index in [4.69, 9.17) is 14.7 Å². The van der Waals surface area contributed by atoms with E-state index >= 15 is 0 Å². The quantitative estimate of drug-likeness (QED) is 0.529. The Morgan fingerprint density at radius 1 is 0.808 bits per heavy atom. The Kier molecular flexibility index (Phi) is 4.96. The standard InChI is InChI=1S/C19H11N3O4/c20-12-13-9-14(25-18(23)16-5-1-3-7-21-16)11-15(10-13)26-19(24)17-6-2-4-8-22-17/h1-11H. The monoisotopic (exact) mass is 345 g/mol. The number of carbonyl (C=O) groups is 2. The largest absolute Gasteiger partial charge is 0.422 e. The van der Waals surface area contributed by atoms with Crippen LogP contribution in [0.1, 0.15) is 26.5 Å². The number of carbonyl (C=O) groups excluding carboxylic acids is 2. The van der Waals surface area contributed by atoms with Gasteiger partial charge in [0.1, 0.15) is 22.9 Å². The van der Waals surface area contributed by atoms with Gasteiger partial charge in [0.15, 0.2) is 0 Å². The summed E-state index contributed by atoms with van der Waals surface area (Å²) in [5.74, 6) is -1.27. The molecule has 7 heteroatoms. The first-order valence-corrected chi connectivity index (χ1v) is 7.47. The van der Waals surface area contributed by atoms with Crippen molar-refractivity contribution >= 4 is 11.9 Å². The van der Waals surface area contributed by atoms with Crippen molar-refractivity contribution in [2.45, 2.75) is 0 Å². The van der Waals surface area contributed by atoms with Crippen LogP contribution in [-0.4, -0.2) is 21.9 Å². The van der Waals surface area contributed by atoms with Crippen molar-refractivity contribution in [1.29, 1.82) is 5.26 Å². The van der Waals surface area contributed by atoms with Crippen LogP contribution in [-0.2, 0) is 0 Å². The van der Waals surface area contributed by atoms with Crippen molar-refractivity contribution < 1.29 is 19.1 Å². The maximum absolute atomic E-state index is 12.1. The normalized spacial score (nSPS) is 9.81. The summed E-state index contributed by atoms with van der Waals surface area (Å²) in [4.78, 5) is 32.0. The summed E-state index contributed by atoms with van der Waals surface area (Å²) in [5, 5.41) is 9.13. The molecule has 3 rings (SSSR count). The first-order valence-electron chi connectivity index (χ1n) is 7.47. The molecular formula is C19H11N3O4. The molecule has 0 N–H and O–H groups in total. The number of nitriles is 1. The highest BCUT2D eigenvalue weighted by molar-refractivity contribution is 5.90. The Hall–Kier alpha value is -4.05. The number of hydrogen-bond acceptors (Lipinski definition) is 7. The summed E-state index contributed by atoms with van der Waals surface area (Å²) in [5.41, 5.74) is 0.393. The fraction of sp³-hybridized carbons (Fsp3) is 0. The Morgan fingerprint density at radius 2 is 1.31 bits per heavy atom. The number of pyridine rings is 2. The molecule has 0 aliphatic rings. The Morgan fingerprint density at radius 3 is 1.69 bits per heavy atom. The first kappa shape index (κ1) is 16.8. The highest BCUT2D eigenvalue weighted by Crippen LogP contribution is 2.24. The fourth-order valence-corrected chi connectivity index (χ4v) is 2.04. The first-order chi connectivity index (χ1) is 12.7. The van der Waals surface area contributed by atoms with Crippen molar-refractivity contribution in [2.24, 2.45) is 0 Å². The van der Waals surface area contributed by atoms with E-state index in [2.05, 4.69) is 9.97 Å². The molecule has 3 aromatic rings. The number of aromatic nitrogens is 2. The van der Waals surface area contributed by atoms with E-state index < -0.39 is 11.9 Å². The molecule has 7 nitrogen and oxygen atoms in total. The molecule has 0 unspecified atom stereocenters. The second-order valence-electron chi connectivity index (χ2n) is 5.01. The molecule has 0 radical (unpaired) electrons. The van der Waals surface area contributed by atoms with Crippen molar-refractivity contribution in [1.82, 2.24) is 9.97 Å². The lowest BCUT2D eigenvalue weighted by Crippen LogP contribution is -2.12. The van der Waals surface area contributed by atoms with Crippen LogP contribution < -0.4 is 9.47 Å². The Bertz CT molecular complexity index is 911. The zero-order chi connectivity index (χ0) is 18.4. The maximum atomic E-state index is 12.1. The maximum Gasteiger partial charge on any atom is 0.362 e. The van der Waals surface area contributed by atoms with Crippen LogP contribution in [0.2, 0.25) is 0 Å². The molecule has 0 aliphatic heterocycles. The molecule has 0 amide bonds. The van der Waals surface area contributed by atoms with E-state index in [0.717, 1.165) is 0 Å². The summed E-state index contributed by atoms with van der Waals surface area (Å²) in [7, 11) is 0. The van der Waals surface area contributed by atoms with Crippen molar-refractivity contribution in [3.8, 4) is 17.6 Å². The minimum absolute atomic E-state index is 0.0588. The van der Waals surface area contributed by atoms with Crippen LogP contribution >= 0.6 is 0 Å². The number of hydrogen-bond donors (Lipinski definition) is 0. The predicted molar refractivity (Wildman–Crippen MR) is 89.5 cm³/mol. The lowest BCUT2D eigenvalue weighted by atomic mass is 10.2. The van der Waals surface area contributed by atoms with Gasteiger partial charge in [-0.05, 0) is 36.4 Å². The predicted octanol–water partition coefficient (Wildman–Crippen LogP) is 2.79. The van der Waals surface area contributed by atoms with E-state index in [1.165, 1.54) is 42.7 Å². The number of ether oxygens (including phenoxy) is 2. The molecule has 0 aliphatic carbocycles. The van der Waals surface area contributed by atoms with Gasteiger partial charge in [-0.1, -0.05) is 12.1 Å². The molecule has 126 valence electrons. The van der Waals surface area contributed by atoms with Crippen LogP contribution in [0.25, 0.3) is 0 Å². The zero-order valence-electron chi connectivity index (χ0n) is 13.3. The number of rotatable bonds is 4. The summed E-state index contributed by atoms with van der Waals surface area (Å²) in [6.07, 6.45) is 2.92. The number of esters is 2. The third-order valence-electron chi connectivity index (χ3n) is 3.18. The minimum atomic E-state index is -0.692. The van der Waals surface area contributed by atoms with Crippen LogP contribution in [0.4, 0.5) is 0 Å². The van der Waals surface area contributed by atoms with Gasteiger partial charge in [0.2, 0.25) is 0 Å². The van der Waals surface area contributed by atoms with Gasteiger partial charge in [-0.25, -0.2) is 19.6 Å². The second-order valence-corrected chi connectivity index (χ2v) is 5.01. The second kappa shape index (κ2) is 7.68. The number of nitrogens with zero attached hydrogens (tertiary/aromatic N) is 3. The van der Waals surface area contributed by atoms with E-state index in [0.29, 0.717) is 0 Å². The third-order valence-corrected chi connectivity index (χ3v) is 3.18. The highest BCUT2D eigenvalue weighted by atomic mass is 16.5. The van der Waals surface area contributed by atoms with E-state index in [9.17, 15) is 9.59 Å². The van der Waals surface area contributed by atoms with Crippen LogP contribution in [0.5, 0.6) is 11.5 Å². The van der Waals surface area contributed by atoms with E-state index in [1.807, 2.05) is 6.07 Å². The molecule has 0 spiro atoms. The van der Waals surface area contributed by atoms with E-state index in [-0.39, 0.29) is 28.5 Å². The van der Waals surface area contributed by atoms with Gasteiger partial charge in [0.25, 0.3) is 0 Å². The highest BCUT2D eigenvalue weighted by Gasteiger charge is 2.14. The molecule has 0 atom stereocenters. The van der Waals surface area contributed by atoms with Crippen molar-refractivity contribution in [3.05, 3.63) is 83.9 Å². The molecule has 2 aromatic heterocycles. The summed E-state index contributed by atoms with van der Waals surface area (Å²) >= 11 is 0. The summed E-state index contributed by atoms with van der Waals surface area (Å²) < 4.78 is 10.4.